The Balaban J connectivity index is 2.14. The van der Waals surface area contributed by atoms with Gasteiger partial charge in [-0.25, -0.2) is 0 Å². The van der Waals surface area contributed by atoms with Crippen molar-refractivity contribution in [2.75, 3.05) is 0 Å². The second-order valence-corrected chi connectivity index (χ2v) is 6.25. The van der Waals surface area contributed by atoms with E-state index in [4.69, 9.17) is 10.8 Å². The SMILES string of the molecule is Cc1c(Br)c2cc(CC(N)C(=O)O)cc3c2n1CCC3. The van der Waals surface area contributed by atoms with Crippen LogP contribution in [0.15, 0.2) is 16.6 Å². The van der Waals surface area contributed by atoms with Gasteiger partial charge in [0.1, 0.15) is 6.04 Å². The Labute approximate surface area is 125 Å². The second kappa shape index (κ2) is 4.90. The first-order valence-corrected chi connectivity index (χ1v) is 7.57. The van der Waals surface area contributed by atoms with Gasteiger partial charge in [-0.15, -0.1) is 0 Å². The Morgan fingerprint density at radius 2 is 2.30 bits per heavy atom. The van der Waals surface area contributed by atoms with E-state index in [1.807, 2.05) is 0 Å². The highest BCUT2D eigenvalue weighted by molar-refractivity contribution is 9.10. The monoisotopic (exact) mass is 336 g/mol. The number of nitrogens with two attached hydrogens (primary N) is 1. The summed E-state index contributed by atoms with van der Waals surface area (Å²) in [7, 11) is 0. The van der Waals surface area contributed by atoms with Gasteiger partial charge >= 0.3 is 5.97 Å². The maximum absolute atomic E-state index is 10.9. The highest BCUT2D eigenvalue weighted by atomic mass is 79.9. The van der Waals surface area contributed by atoms with E-state index in [-0.39, 0.29) is 0 Å². The number of carboxylic acids is 1. The van der Waals surface area contributed by atoms with Crippen molar-refractivity contribution in [2.24, 2.45) is 5.73 Å². The van der Waals surface area contributed by atoms with E-state index in [0.29, 0.717) is 6.42 Å². The molecule has 0 saturated carbocycles. The first kappa shape index (κ1) is 13.6. The van der Waals surface area contributed by atoms with Crippen molar-refractivity contribution in [1.29, 1.82) is 0 Å². The fourth-order valence-corrected chi connectivity index (χ4v) is 3.60. The third kappa shape index (κ3) is 2.05. The molecule has 0 radical (unpaired) electrons. The van der Waals surface area contributed by atoms with E-state index in [9.17, 15) is 4.79 Å². The minimum atomic E-state index is -0.952. The number of aromatic nitrogens is 1. The molecule has 5 heteroatoms. The summed E-state index contributed by atoms with van der Waals surface area (Å²) in [6.07, 6.45) is 2.54. The van der Waals surface area contributed by atoms with Crippen LogP contribution in [0.5, 0.6) is 0 Å². The molecule has 0 bridgehead atoms. The van der Waals surface area contributed by atoms with Gasteiger partial charge in [-0.3, -0.25) is 4.79 Å². The van der Waals surface area contributed by atoms with Gasteiger partial charge in [0.2, 0.25) is 0 Å². The van der Waals surface area contributed by atoms with Crippen molar-refractivity contribution in [3.8, 4) is 0 Å². The number of rotatable bonds is 3. The Kier molecular flexibility index (Phi) is 3.34. The lowest BCUT2D eigenvalue weighted by atomic mass is 9.97. The lowest BCUT2D eigenvalue weighted by Gasteiger charge is -2.18. The number of nitrogens with zero attached hydrogens (tertiary/aromatic N) is 1. The highest BCUT2D eigenvalue weighted by Crippen LogP contribution is 2.36. The van der Waals surface area contributed by atoms with Crippen molar-refractivity contribution in [3.63, 3.8) is 0 Å². The molecule has 3 N–H and O–H groups in total. The van der Waals surface area contributed by atoms with Crippen molar-refractivity contribution >= 4 is 32.8 Å². The third-order valence-electron chi connectivity index (χ3n) is 4.08. The zero-order chi connectivity index (χ0) is 14.4. The predicted octanol–water partition coefficient (Wildman–Crippen LogP) is 2.61. The van der Waals surface area contributed by atoms with Gasteiger partial charge in [0.15, 0.2) is 0 Å². The number of aliphatic carboxylic acids is 1. The number of hydrogen-bond acceptors (Lipinski definition) is 2. The Morgan fingerprint density at radius 1 is 1.55 bits per heavy atom. The Bertz CT molecular complexity index is 706. The normalized spacial score (nSPS) is 15.6. The van der Waals surface area contributed by atoms with Crippen LogP contribution < -0.4 is 5.73 Å². The molecule has 0 fully saturated rings. The van der Waals surface area contributed by atoms with Gasteiger partial charge in [0.25, 0.3) is 0 Å². The van der Waals surface area contributed by atoms with E-state index in [1.54, 1.807) is 0 Å². The van der Waals surface area contributed by atoms with Crippen LogP contribution in [-0.4, -0.2) is 21.7 Å². The van der Waals surface area contributed by atoms with E-state index in [1.165, 1.54) is 22.2 Å². The molecular weight excluding hydrogens is 320 g/mol. The van der Waals surface area contributed by atoms with Gasteiger partial charge in [0.05, 0.1) is 5.52 Å². The van der Waals surface area contributed by atoms with Crippen LogP contribution in [0.4, 0.5) is 0 Å². The fraction of sp³-hybridized carbons (Fsp3) is 0.400. The summed E-state index contributed by atoms with van der Waals surface area (Å²) in [6.45, 7) is 3.16. The van der Waals surface area contributed by atoms with Gasteiger partial charge in [-0.2, -0.15) is 0 Å². The zero-order valence-corrected chi connectivity index (χ0v) is 12.9. The Hall–Kier alpha value is -1.33. The zero-order valence-electron chi connectivity index (χ0n) is 11.3. The molecule has 1 atom stereocenters. The van der Waals surface area contributed by atoms with Gasteiger partial charge in [-0.05, 0) is 59.3 Å². The number of carboxylic acid groups (broad SMARTS) is 1. The first-order valence-electron chi connectivity index (χ1n) is 6.77. The van der Waals surface area contributed by atoms with Crippen molar-refractivity contribution in [1.82, 2.24) is 4.57 Å². The molecule has 0 amide bonds. The molecule has 0 spiro atoms. The van der Waals surface area contributed by atoms with Crippen LogP contribution in [-0.2, 0) is 24.2 Å². The van der Waals surface area contributed by atoms with E-state index >= 15 is 0 Å². The van der Waals surface area contributed by atoms with Crippen molar-refractivity contribution in [3.05, 3.63) is 33.4 Å². The van der Waals surface area contributed by atoms with Crippen LogP contribution in [0.2, 0.25) is 0 Å². The molecular formula is C15H17BrN2O2. The van der Waals surface area contributed by atoms with E-state index in [2.05, 4.69) is 39.6 Å². The Morgan fingerprint density at radius 3 is 3.00 bits per heavy atom. The smallest absolute Gasteiger partial charge is 0.320 e. The summed E-state index contributed by atoms with van der Waals surface area (Å²) in [5.74, 6) is -0.952. The lowest BCUT2D eigenvalue weighted by molar-refractivity contribution is -0.138. The van der Waals surface area contributed by atoms with Gasteiger partial charge < -0.3 is 15.4 Å². The second-order valence-electron chi connectivity index (χ2n) is 5.45. The molecule has 1 aliphatic heterocycles. The largest absolute Gasteiger partial charge is 0.480 e. The first-order chi connectivity index (χ1) is 9.49. The summed E-state index contributed by atoms with van der Waals surface area (Å²) in [6, 6.07) is 3.35. The minimum absolute atomic E-state index is 0.370. The molecule has 1 aromatic carbocycles. The fourth-order valence-electron chi connectivity index (χ4n) is 3.08. The van der Waals surface area contributed by atoms with Crippen LogP contribution in [0, 0.1) is 6.92 Å². The molecule has 106 valence electrons. The maximum atomic E-state index is 10.9. The van der Waals surface area contributed by atoms with Gasteiger partial charge in [-0.1, -0.05) is 6.07 Å². The third-order valence-corrected chi connectivity index (χ3v) is 5.08. The lowest BCUT2D eigenvalue weighted by Crippen LogP contribution is -2.32. The molecule has 0 aliphatic carbocycles. The number of halogens is 1. The molecule has 2 aromatic rings. The van der Waals surface area contributed by atoms with Crippen molar-refractivity contribution in [2.45, 2.75) is 38.8 Å². The topological polar surface area (TPSA) is 68.2 Å². The van der Waals surface area contributed by atoms with Gasteiger partial charge in [0, 0.05) is 22.1 Å². The molecule has 1 unspecified atom stereocenters. The average molecular weight is 337 g/mol. The van der Waals surface area contributed by atoms with Crippen LogP contribution in [0.1, 0.15) is 23.2 Å². The van der Waals surface area contributed by atoms with Crippen molar-refractivity contribution < 1.29 is 9.90 Å². The molecule has 4 nitrogen and oxygen atoms in total. The summed E-state index contributed by atoms with van der Waals surface area (Å²) < 4.78 is 3.46. The molecule has 3 rings (SSSR count). The summed E-state index contributed by atoms with van der Waals surface area (Å²) in [5.41, 5.74) is 10.5. The standard InChI is InChI=1S/C15H17BrN2O2/c1-8-13(16)11-6-9(7-12(17)15(19)20)5-10-3-2-4-18(8)14(10)11/h5-6,12H,2-4,7,17H2,1H3,(H,19,20). The predicted molar refractivity (Wildman–Crippen MR) is 82.0 cm³/mol. The number of benzene rings is 1. The summed E-state index contributed by atoms with van der Waals surface area (Å²) in [5, 5.41) is 10.1. The molecule has 1 aliphatic rings. The quantitative estimate of drug-likeness (QED) is 0.905. The molecule has 2 heterocycles. The number of carbonyl (C=O) groups is 1. The molecule has 0 saturated heterocycles. The van der Waals surface area contributed by atoms with Crippen LogP contribution in [0.3, 0.4) is 0 Å². The minimum Gasteiger partial charge on any atom is -0.480 e. The number of aryl methyl sites for hydroxylation is 2. The maximum Gasteiger partial charge on any atom is 0.320 e. The van der Waals surface area contributed by atoms with Crippen LogP contribution >= 0.6 is 15.9 Å². The summed E-state index contributed by atoms with van der Waals surface area (Å²) in [4.78, 5) is 10.9. The summed E-state index contributed by atoms with van der Waals surface area (Å²) >= 11 is 3.67. The molecule has 1 aromatic heterocycles. The number of hydrogen-bond donors (Lipinski definition) is 2. The molecule has 20 heavy (non-hydrogen) atoms. The van der Waals surface area contributed by atoms with Crippen LogP contribution in [0.25, 0.3) is 10.9 Å². The van der Waals surface area contributed by atoms with E-state index < -0.39 is 12.0 Å². The average Bonchev–Trinajstić information content (AvgIpc) is 2.66. The highest BCUT2D eigenvalue weighted by Gasteiger charge is 2.21. The van der Waals surface area contributed by atoms with E-state index in [0.717, 1.165) is 29.4 Å².